The first-order valence-corrected chi connectivity index (χ1v) is 3.88. The molecule has 0 spiro atoms. The fourth-order valence-corrected chi connectivity index (χ4v) is 1.49. The molecule has 10 heavy (non-hydrogen) atoms. The Balaban J connectivity index is 1.85. The molecule has 0 unspecified atom stereocenters. The Morgan fingerprint density at radius 1 is 1.10 bits per heavy atom. The van der Waals surface area contributed by atoms with E-state index in [1.807, 2.05) is 0 Å². The predicted molar refractivity (Wildman–Crippen MR) is 39.4 cm³/mol. The zero-order valence-corrected chi connectivity index (χ0v) is 6.06. The molecule has 0 bridgehead atoms. The van der Waals surface area contributed by atoms with Crippen LogP contribution in [0.3, 0.4) is 0 Å². The van der Waals surface area contributed by atoms with E-state index in [2.05, 4.69) is 20.9 Å². The van der Waals surface area contributed by atoms with Crippen molar-refractivity contribution in [2.24, 2.45) is 0 Å². The molecule has 2 aliphatic heterocycles. The summed E-state index contributed by atoms with van der Waals surface area (Å²) in [7, 11) is 0. The topological polar surface area (TPSA) is 39.3 Å². The Labute approximate surface area is 61.0 Å². The van der Waals surface area contributed by atoms with Gasteiger partial charge in [0.25, 0.3) is 0 Å². The molecule has 3 N–H and O–H groups in total. The number of nitrogens with one attached hydrogen (secondary N) is 3. The molecular weight excluding hydrogens is 128 g/mol. The standard InChI is InChI=1S/C6H14N4/c1-2-9-6(8-1)10-4-3-7-5-10/h6-9H,1-5H2. The third-order valence-electron chi connectivity index (χ3n) is 2.06. The minimum Gasteiger partial charge on any atom is -0.303 e. The van der Waals surface area contributed by atoms with Crippen molar-refractivity contribution in [3.05, 3.63) is 0 Å². The maximum atomic E-state index is 3.37. The highest BCUT2D eigenvalue weighted by atomic mass is 15.5. The second-order valence-electron chi connectivity index (χ2n) is 2.78. The molecule has 0 aromatic heterocycles. The fraction of sp³-hybridized carbons (Fsp3) is 1.00. The largest absolute Gasteiger partial charge is 0.303 e. The summed E-state index contributed by atoms with van der Waals surface area (Å²) in [5, 5.41) is 10.0. The molecule has 0 radical (unpaired) electrons. The van der Waals surface area contributed by atoms with Gasteiger partial charge in [-0.25, -0.2) is 0 Å². The van der Waals surface area contributed by atoms with Crippen LogP contribution in [0.4, 0.5) is 0 Å². The molecule has 4 nitrogen and oxygen atoms in total. The second kappa shape index (κ2) is 2.84. The van der Waals surface area contributed by atoms with Crippen molar-refractivity contribution in [2.45, 2.75) is 6.29 Å². The van der Waals surface area contributed by atoms with Crippen molar-refractivity contribution in [1.82, 2.24) is 20.9 Å². The number of rotatable bonds is 1. The first kappa shape index (κ1) is 6.54. The Bertz CT molecular complexity index is 90.3. The van der Waals surface area contributed by atoms with Crippen molar-refractivity contribution >= 4 is 0 Å². The lowest BCUT2D eigenvalue weighted by Gasteiger charge is -2.22. The molecule has 58 valence electrons. The van der Waals surface area contributed by atoms with E-state index < -0.39 is 0 Å². The van der Waals surface area contributed by atoms with Crippen LogP contribution in [-0.4, -0.2) is 44.0 Å². The van der Waals surface area contributed by atoms with Crippen molar-refractivity contribution in [3.8, 4) is 0 Å². The third kappa shape index (κ3) is 1.15. The Morgan fingerprint density at radius 3 is 2.50 bits per heavy atom. The van der Waals surface area contributed by atoms with E-state index in [-0.39, 0.29) is 0 Å². The highest BCUT2D eigenvalue weighted by molar-refractivity contribution is 4.77. The first-order valence-electron chi connectivity index (χ1n) is 3.88. The second-order valence-corrected chi connectivity index (χ2v) is 2.78. The summed E-state index contributed by atoms with van der Waals surface area (Å²) in [6.45, 7) is 5.50. The van der Waals surface area contributed by atoms with Gasteiger partial charge in [-0.05, 0) is 0 Å². The zero-order chi connectivity index (χ0) is 6.81. The van der Waals surface area contributed by atoms with Gasteiger partial charge in [0.15, 0.2) is 0 Å². The molecule has 0 aromatic rings. The maximum absolute atomic E-state index is 3.37. The van der Waals surface area contributed by atoms with Crippen molar-refractivity contribution < 1.29 is 0 Å². The van der Waals surface area contributed by atoms with E-state index in [1.54, 1.807) is 0 Å². The van der Waals surface area contributed by atoms with Crippen LogP contribution in [-0.2, 0) is 0 Å². The monoisotopic (exact) mass is 142 g/mol. The van der Waals surface area contributed by atoms with Gasteiger partial charge in [0.1, 0.15) is 6.29 Å². The Hall–Kier alpha value is -0.160. The van der Waals surface area contributed by atoms with Crippen LogP contribution in [0, 0.1) is 0 Å². The summed E-state index contributed by atoms with van der Waals surface area (Å²) < 4.78 is 0. The summed E-state index contributed by atoms with van der Waals surface area (Å²) in [6, 6.07) is 0. The summed E-state index contributed by atoms with van der Waals surface area (Å²) in [6.07, 6.45) is 0.426. The number of hydrogen-bond donors (Lipinski definition) is 3. The molecule has 2 aliphatic rings. The SMILES string of the molecule is C1CN(C2NCCN2)CN1. The molecule has 0 saturated carbocycles. The van der Waals surface area contributed by atoms with Crippen LogP contribution in [0.25, 0.3) is 0 Å². The molecule has 2 fully saturated rings. The highest BCUT2D eigenvalue weighted by Crippen LogP contribution is 1.98. The lowest BCUT2D eigenvalue weighted by atomic mass is 10.6. The van der Waals surface area contributed by atoms with Gasteiger partial charge in [0.2, 0.25) is 0 Å². The Kier molecular flexibility index (Phi) is 1.86. The van der Waals surface area contributed by atoms with E-state index in [9.17, 15) is 0 Å². The zero-order valence-electron chi connectivity index (χ0n) is 6.06. The Morgan fingerprint density at radius 2 is 1.90 bits per heavy atom. The quantitative estimate of drug-likeness (QED) is 0.409. The highest BCUT2D eigenvalue weighted by Gasteiger charge is 2.22. The van der Waals surface area contributed by atoms with Crippen LogP contribution in [0.15, 0.2) is 0 Å². The average Bonchev–Trinajstić information content (AvgIpc) is 2.59. The van der Waals surface area contributed by atoms with Gasteiger partial charge < -0.3 is 5.32 Å². The summed E-state index contributed by atoms with van der Waals surface area (Å²) in [5.74, 6) is 0. The fourth-order valence-electron chi connectivity index (χ4n) is 1.49. The van der Waals surface area contributed by atoms with E-state index in [4.69, 9.17) is 0 Å². The summed E-state index contributed by atoms with van der Waals surface area (Å²) >= 11 is 0. The molecule has 0 amide bonds. The van der Waals surface area contributed by atoms with Crippen LogP contribution < -0.4 is 16.0 Å². The van der Waals surface area contributed by atoms with Crippen LogP contribution in [0.5, 0.6) is 0 Å². The minimum absolute atomic E-state index is 0.426. The van der Waals surface area contributed by atoms with Crippen LogP contribution in [0.1, 0.15) is 0 Å². The van der Waals surface area contributed by atoms with Gasteiger partial charge in [0, 0.05) is 26.2 Å². The summed E-state index contributed by atoms with van der Waals surface area (Å²) in [5.41, 5.74) is 0. The predicted octanol–water partition coefficient (Wildman–Crippen LogP) is -1.67. The minimum atomic E-state index is 0.426. The first-order chi connectivity index (χ1) is 4.97. The van der Waals surface area contributed by atoms with E-state index in [1.165, 1.54) is 0 Å². The number of nitrogens with zero attached hydrogens (tertiary/aromatic N) is 1. The lowest BCUT2D eigenvalue weighted by molar-refractivity contribution is 0.203. The lowest BCUT2D eigenvalue weighted by Crippen LogP contribution is -2.47. The van der Waals surface area contributed by atoms with Gasteiger partial charge in [-0.2, -0.15) is 0 Å². The van der Waals surface area contributed by atoms with Gasteiger partial charge in [-0.1, -0.05) is 0 Å². The van der Waals surface area contributed by atoms with Crippen molar-refractivity contribution in [3.63, 3.8) is 0 Å². The summed E-state index contributed by atoms with van der Waals surface area (Å²) in [4.78, 5) is 2.37. The molecule has 2 saturated heterocycles. The van der Waals surface area contributed by atoms with E-state index in [0.717, 1.165) is 32.8 Å². The average molecular weight is 142 g/mol. The molecule has 0 aromatic carbocycles. The van der Waals surface area contributed by atoms with Crippen molar-refractivity contribution in [1.29, 1.82) is 0 Å². The molecule has 2 rings (SSSR count). The molecule has 2 heterocycles. The van der Waals surface area contributed by atoms with Gasteiger partial charge >= 0.3 is 0 Å². The van der Waals surface area contributed by atoms with Gasteiger partial charge in [0.05, 0.1) is 6.67 Å². The molecular formula is C6H14N4. The van der Waals surface area contributed by atoms with E-state index >= 15 is 0 Å². The van der Waals surface area contributed by atoms with E-state index in [0.29, 0.717) is 6.29 Å². The molecule has 4 heteroatoms. The van der Waals surface area contributed by atoms with Crippen LogP contribution in [0.2, 0.25) is 0 Å². The third-order valence-corrected chi connectivity index (χ3v) is 2.06. The molecule has 0 atom stereocenters. The normalized spacial score (nSPS) is 30.0. The smallest absolute Gasteiger partial charge is 0.115 e. The van der Waals surface area contributed by atoms with Gasteiger partial charge in [-0.15, -0.1) is 0 Å². The van der Waals surface area contributed by atoms with Crippen LogP contribution >= 0.6 is 0 Å². The number of hydrogen-bond acceptors (Lipinski definition) is 4. The van der Waals surface area contributed by atoms with Crippen molar-refractivity contribution in [2.75, 3.05) is 32.8 Å². The maximum Gasteiger partial charge on any atom is 0.115 e. The molecule has 0 aliphatic carbocycles. The van der Waals surface area contributed by atoms with Gasteiger partial charge in [-0.3, -0.25) is 15.5 Å².